The quantitative estimate of drug-likeness (QED) is 0.874. The molecule has 0 unspecified atom stereocenters. The average Bonchev–Trinajstić information content (AvgIpc) is 2.83. The molecule has 112 valence electrons. The summed E-state index contributed by atoms with van der Waals surface area (Å²) in [6.07, 6.45) is 1.94. The van der Waals surface area contributed by atoms with Crippen LogP contribution in [0.25, 0.3) is 11.4 Å². The maximum Gasteiger partial charge on any atom is 0.245 e. The van der Waals surface area contributed by atoms with Crippen molar-refractivity contribution in [3.05, 3.63) is 17.5 Å². The second-order valence-corrected chi connectivity index (χ2v) is 5.27. The Kier molecular flexibility index (Phi) is 4.10. The molecule has 7 nitrogen and oxygen atoms in total. The summed E-state index contributed by atoms with van der Waals surface area (Å²) in [5, 5.41) is 19.2. The number of nitrogens with one attached hydrogen (secondary N) is 2. The van der Waals surface area contributed by atoms with Crippen LogP contribution in [0.15, 0.2) is 6.07 Å². The molecular weight excluding hydrogens is 266 g/mol. The summed E-state index contributed by atoms with van der Waals surface area (Å²) < 4.78 is 0. The Hall–Kier alpha value is -2.02. The van der Waals surface area contributed by atoms with Gasteiger partial charge in [-0.05, 0) is 32.4 Å². The molecule has 21 heavy (non-hydrogen) atoms. The van der Waals surface area contributed by atoms with Gasteiger partial charge in [-0.1, -0.05) is 6.92 Å². The van der Waals surface area contributed by atoms with Gasteiger partial charge in [0.2, 0.25) is 5.95 Å². The number of rotatable bonds is 3. The Morgan fingerprint density at radius 2 is 2.14 bits per heavy atom. The maximum atomic E-state index is 4.66. The fraction of sp³-hybridized carbons (Fsp3) is 0.571. The maximum absolute atomic E-state index is 4.66. The number of aromatic nitrogens is 5. The van der Waals surface area contributed by atoms with Crippen molar-refractivity contribution in [3.63, 3.8) is 0 Å². The first kappa shape index (κ1) is 13.9. The smallest absolute Gasteiger partial charge is 0.245 e. The lowest BCUT2D eigenvalue weighted by Crippen LogP contribution is -2.28. The predicted octanol–water partition coefficient (Wildman–Crippen LogP) is 0.932. The summed E-state index contributed by atoms with van der Waals surface area (Å²) in [4.78, 5) is 6.87. The monoisotopic (exact) mass is 287 g/mol. The van der Waals surface area contributed by atoms with E-state index in [4.69, 9.17) is 0 Å². The Morgan fingerprint density at radius 3 is 3.00 bits per heavy atom. The second-order valence-electron chi connectivity index (χ2n) is 5.27. The number of H-pyrrole nitrogens is 1. The molecule has 1 aliphatic rings. The lowest BCUT2D eigenvalue weighted by atomic mass is 10.1. The van der Waals surface area contributed by atoms with Crippen LogP contribution in [0.5, 0.6) is 0 Å². The number of anilines is 1. The Bertz CT molecular complexity index is 599. The molecule has 3 rings (SSSR count). The van der Waals surface area contributed by atoms with Crippen molar-refractivity contribution in [1.82, 2.24) is 30.7 Å². The first-order chi connectivity index (χ1) is 10.3. The highest BCUT2D eigenvalue weighted by atomic mass is 15.4. The normalized spacial score (nSPS) is 16.0. The molecule has 3 heterocycles. The average molecular weight is 287 g/mol. The van der Waals surface area contributed by atoms with Gasteiger partial charge in [-0.3, -0.25) is 5.10 Å². The topological polar surface area (TPSA) is 82.6 Å². The van der Waals surface area contributed by atoms with Gasteiger partial charge in [0.25, 0.3) is 0 Å². The van der Waals surface area contributed by atoms with Crippen molar-refractivity contribution in [3.8, 4) is 11.4 Å². The van der Waals surface area contributed by atoms with Crippen molar-refractivity contribution in [2.45, 2.75) is 26.7 Å². The van der Waals surface area contributed by atoms with Crippen LogP contribution in [-0.2, 0) is 6.42 Å². The lowest BCUT2D eigenvalue weighted by molar-refractivity contribution is 0.724. The van der Waals surface area contributed by atoms with E-state index in [1.54, 1.807) is 0 Å². The molecule has 2 aromatic heterocycles. The molecule has 2 N–H and O–H groups in total. The predicted molar refractivity (Wildman–Crippen MR) is 81.2 cm³/mol. The van der Waals surface area contributed by atoms with Gasteiger partial charge in [-0.2, -0.15) is 15.2 Å². The van der Waals surface area contributed by atoms with Crippen molar-refractivity contribution >= 4 is 5.95 Å². The Balaban J connectivity index is 1.89. The molecule has 0 spiro atoms. The van der Waals surface area contributed by atoms with Gasteiger partial charge in [0, 0.05) is 25.2 Å². The molecule has 0 bridgehead atoms. The van der Waals surface area contributed by atoms with E-state index in [2.05, 4.69) is 42.5 Å². The van der Waals surface area contributed by atoms with E-state index in [1.807, 2.05) is 13.0 Å². The van der Waals surface area contributed by atoms with Gasteiger partial charge >= 0.3 is 0 Å². The van der Waals surface area contributed by atoms with Crippen LogP contribution in [0.3, 0.4) is 0 Å². The molecule has 1 fully saturated rings. The standard InChI is InChI=1S/C14H21N7/c1-3-12-11(9-10(2)17-18-12)13-16-14(20-19-13)21-7-4-5-15-6-8-21/h9,15H,3-8H2,1-2H3,(H,16,19,20). The molecule has 0 amide bonds. The molecule has 1 aliphatic heterocycles. The summed E-state index contributed by atoms with van der Waals surface area (Å²) in [5.41, 5.74) is 2.83. The molecule has 7 heteroatoms. The zero-order chi connectivity index (χ0) is 14.7. The third-order valence-corrected chi connectivity index (χ3v) is 3.68. The number of aryl methyl sites for hydroxylation is 2. The van der Waals surface area contributed by atoms with Gasteiger partial charge in [-0.25, -0.2) is 0 Å². The highest BCUT2D eigenvalue weighted by Crippen LogP contribution is 2.21. The Labute approximate surface area is 124 Å². The van der Waals surface area contributed by atoms with E-state index < -0.39 is 0 Å². The zero-order valence-corrected chi connectivity index (χ0v) is 12.6. The largest absolute Gasteiger partial charge is 0.338 e. The molecular formula is C14H21N7. The molecule has 0 atom stereocenters. The fourth-order valence-corrected chi connectivity index (χ4v) is 2.54. The number of hydrogen-bond acceptors (Lipinski definition) is 6. The van der Waals surface area contributed by atoms with Crippen molar-refractivity contribution in [1.29, 1.82) is 0 Å². The van der Waals surface area contributed by atoms with Crippen LogP contribution < -0.4 is 10.2 Å². The van der Waals surface area contributed by atoms with Crippen molar-refractivity contribution in [2.75, 3.05) is 31.1 Å². The lowest BCUT2D eigenvalue weighted by Gasteiger charge is -2.16. The van der Waals surface area contributed by atoms with Crippen LogP contribution in [0.2, 0.25) is 0 Å². The molecule has 0 saturated carbocycles. The highest BCUT2D eigenvalue weighted by Gasteiger charge is 2.16. The molecule has 2 aromatic rings. The minimum absolute atomic E-state index is 0.769. The Morgan fingerprint density at radius 1 is 1.24 bits per heavy atom. The first-order valence-corrected chi connectivity index (χ1v) is 7.49. The highest BCUT2D eigenvalue weighted by molar-refractivity contribution is 5.59. The fourth-order valence-electron chi connectivity index (χ4n) is 2.54. The van der Waals surface area contributed by atoms with Gasteiger partial charge in [0.1, 0.15) is 0 Å². The van der Waals surface area contributed by atoms with Gasteiger partial charge in [-0.15, -0.1) is 5.10 Å². The molecule has 0 aliphatic carbocycles. The van der Waals surface area contributed by atoms with E-state index >= 15 is 0 Å². The SMILES string of the molecule is CCc1nnc(C)cc1-c1nc(N2CCCNCC2)n[nH]1. The van der Waals surface area contributed by atoms with E-state index in [-0.39, 0.29) is 0 Å². The molecule has 1 saturated heterocycles. The molecule has 0 aromatic carbocycles. The summed E-state index contributed by atoms with van der Waals surface area (Å²) >= 11 is 0. The van der Waals surface area contributed by atoms with Gasteiger partial charge < -0.3 is 10.2 Å². The number of aromatic amines is 1. The second kappa shape index (κ2) is 6.17. The van der Waals surface area contributed by atoms with Crippen LogP contribution in [0, 0.1) is 6.92 Å². The summed E-state index contributed by atoms with van der Waals surface area (Å²) in [5.74, 6) is 1.54. The van der Waals surface area contributed by atoms with Crippen LogP contribution in [-0.4, -0.2) is 51.6 Å². The van der Waals surface area contributed by atoms with Crippen LogP contribution in [0.4, 0.5) is 5.95 Å². The van der Waals surface area contributed by atoms with Crippen LogP contribution >= 0.6 is 0 Å². The van der Waals surface area contributed by atoms with Crippen molar-refractivity contribution in [2.24, 2.45) is 0 Å². The molecule has 0 radical (unpaired) electrons. The van der Waals surface area contributed by atoms with Crippen molar-refractivity contribution < 1.29 is 0 Å². The first-order valence-electron chi connectivity index (χ1n) is 7.49. The third kappa shape index (κ3) is 3.02. The van der Waals surface area contributed by atoms with Gasteiger partial charge in [0.05, 0.1) is 11.4 Å². The number of nitrogens with zero attached hydrogens (tertiary/aromatic N) is 5. The number of hydrogen-bond donors (Lipinski definition) is 2. The van der Waals surface area contributed by atoms with Crippen LogP contribution in [0.1, 0.15) is 24.7 Å². The van der Waals surface area contributed by atoms with E-state index in [9.17, 15) is 0 Å². The zero-order valence-electron chi connectivity index (χ0n) is 12.6. The van der Waals surface area contributed by atoms with E-state index in [0.29, 0.717) is 0 Å². The third-order valence-electron chi connectivity index (χ3n) is 3.68. The van der Waals surface area contributed by atoms with E-state index in [0.717, 1.165) is 67.7 Å². The summed E-state index contributed by atoms with van der Waals surface area (Å²) in [7, 11) is 0. The minimum atomic E-state index is 0.769. The van der Waals surface area contributed by atoms with Gasteiger partial charge in [0.15, 0.2) is 5.82 Å². The summed E-state index contributed by atoms with van der Waals surface area (Å²) in [6.45, 7) is 7.96. The van der Waals surface area contributed by atoms with E-state index in [1.165, 1.54) is 0 Å². The summed E-state index contributed by atoms with van der Waals surface area (Å²) in [6, 6.07) is 2.01. The minimum Gasteiger partial charge on any atom is -0.338 e.